The molecule has 1 radical (unpaired) electrons. The fourth-order valence-electron chi connectivity index (χ4n) is 2.95. The molecule has 1 aliphatic rings. The zero-order valence-electron chi connectivity index (χ0n) is 14.6. The van der Waals surface area contributed by atoms with Gasteiger partial charge in [0.25, 0.3) is 17.3 Å². The van der Waals surface area contributed by atoms with E-state index >= 15 is 0 Å². The fourth-order valence-corrected chi connectivity index (χ4v) is 2.95. The number of benzene rings is 2. The van der Waals surface area contributed by atoms with Gasteiger partial charge >= 0.3 is 0 Å². The number of carbonyl (C=O) groups excluding carboxylic acids is 1. The molecule has 10 nitrogen and oxygen atoms in total. The van der Waals surface area contributed by atoms with Gasteiger partial charge in [0.05, 0.1) is 15.9 Å². The first-order valence-electron chi connectivity index (χ1n) is 8.10. The number of hydroxylamine groups is 2. The van der Waals surface area contributed by atoms with Gasteiger partial charge in [0, 0.05) is 74.7 Å². The third-order valence-electron chi connectivity index (χ3n) is 4.38. The minimum atomic E-state index is -0.667. The van der Waals surface area contributed by atoms with Crippen molar-refractivity contribution in [2.24, 2.45) is 0 Å². The van der Waals surface area contributed by atoms with Crippen LogP contribution in [0.3, 0.4) is 0 Å². The van der Waals surface area contributed by atoms with Gasteiger partial charge in [-0.25, -0.2) is 5.06 Å². The Morgan fingerprint density at radius 3 is 1.75 bits per heavy atom. The molecule has 3 rings (SSSR count). The molecule has 11 heteroatoms. The molecule has 143 valence electrons. The number of rotatable bonds is 6. The number of nitro benzene ring substituents is 2. The number of non-ortho nitro benzene ring substituents is 2. The van der Waals surface area contributed by atoms with Crippen molar-refractivity contribution in [2.75, 3.05) is 0 Å². The maximum atomic E-state index is 12.2. The van der Waals surface area contributed by atoms with Crippen LogP contribution in [0.4, 0.5) is 11.4 Å². The number of nitrogens with zero attached hydrogens (tertiary/aromatic N) is 3. The summed E-state index contributed by atoms with van der Waals surface area (Å²) >= 11 is 0. The largest absolute Gasteiger partial charge is 0.284 e. The zero-order valence-corrected chi connectivity index (χ0v) is 19.3. The molecule has 1 aliphatic heterocycles. The maximum absolute atomic E-state index is 12.2. The quantitative estimate of drug-likeness (QED) is 0.294. The predicted octanol–water partition coefficient (Wildman–Crippen LogP) is 1.80. The van der Waals surface area contributed by atoms with Gasteiger partial charge in [-0.05, 0) is 17.5 Å². The molecular weight excluding hydrogens is 583 g/mol. The van der Waals surface area contributed by atoms with E-state index in [4.69, 9.17) is 0 Å². The van der Waals surface area contributed by atoms with Crippen molar-refractivity contribution in [3.05, 3.63) is 79.9 Å². The summed E-state index contributed by atoms with van der Waals surface area (Å²) < 4.78 is 0. The summed E-state index contributed by atoms with van der Waals surface area (Å²) in [6, 6.07) is 11.1. The fraction of sp³-hybridized carbons (Fsp3) is 0.235. The Labute approximate surface area is 195 Å². The van der Waals surface area contributed by atoms with Crippen LogP contribution in [0.2, 0.25) is 0 Å². The van der Waals surface area contributed by atoms with E-state index in [1.54, 1.807) is 24.3 Å². The van der Waals surface area contributed by atoms with Crippen LogP contribution in [0, 0.1) is 64.3 Å². The third-order valence-corrected chi connectivity index (χ3v) is 4.38. The Morgan fingerprint density at radius 1 is 0.893 bits per heavy atom. The van der Waals surface area contributed by atoms with Crippen LogP contribution in [0.5, 0.6) is 0 Å². The van der Waals surface area contributed by atoms with E-state index in [2.05, 4.69) is 5.32 Å². The smallest absolute Gasteiger partial charge is 0.269 e. The average Bonchev–Trinajstić information content (AvgIpc) is 2.90. The van der Waals surface area contributed by atoms with Gasteiger partial charge in [-0.1, -0.05) is 24.3 Å². The molecule has 0 unspecified atom stereocenters. The Balaban J connectivity index is 0.00000280. The number of nitro groups is 2. The summed E-state index contributed by atoms with van der Waals surface area (Å²) in [4.78, 5) is 32.6. The van der Waals surface area contributed by atoms with E-state index in [1.807, 2.05) is 0 Å². The van der Waals surface area contributed by atoms with Crippen molar-refractivity contribution in [3.8, 4) is 0 Å². The molecule has 0 aliphatic carbocycles. The molecule has 2 aromatic carbocycles. The Morgan fingerprint density at radius 2 is 1.32 bits per heavy atom. The molecule has 0 spiro atoms. The average molecular weight is 599 g/mol. The van der Waals surface area contributed by atoms with E-state index in [1.165, 1.54) is 24.3 Å². The SMILES string of the molecule is O=C1[C@H](Cc2ccc([N+](=O)[O-])cc2)N[C@@H](Cc2ccc([N+](=O)[O-])cc2)N1O.[Ac]. The number of hydrogen-bond donors (Lipinski definition) is 2. The normalized spacial score (nSPS) is 18.6. The van der Waals surface area contributed by atoms with Gasteiger partial charge in [-0.2, -0.15) is 0 Å². The molecule has 2 aromatic rings. The van der Waals surface area contributed by atoms with E-state index in [0.29, 0.717) is 5.06 Å². The molecule has 28 heavy (non-hydrogen) atoms. The van der Waals surface area contributed by atoms with Gasteiger partial charge in [0.15, 0.2) is 0 Å². The third kappa shape index (κ3) is 5.11. The van der Waals surface area contributed by atoms with Crippen LogP contribution in [0.15, 0.2) is 48.5 Å². The van der Waals surface area contributed by atoms with Crippen molar-refractivity contribution >= 4 is 17.3 Å². The van der Waals surface area contributed by atoms with Crippen LogP contribution in [0.1, 0.15) is 11.1 Å². The summed E-state index contributed by atoms with van der Waals surface area (Å²) in [5.74, 6) is -0.500. The minimum absolute atomic E-state index is 0. The first-order chi connectivity index (χ1) is 12.8. The summed E-state index contributed by atoms with van der Waals surface area (Å²) in [7, 11) is 0. The van der Waals surface area contributed by atoms with Crippen molar-refractivity contribution < 1.29 is 63.9 Å². The first-order valence-corrected chi connectivity index (χ1v) is 8.10. The second kappa shape index (κ2) is 9.52. The van der Waals surface area contributed by atoms with Crippen LogP contribution in [-0.4, -0.2) is 38.2 Å². The molecule has 0 aromatic heterocycles. The van der Waals surface area contributed by atoms with Crippen molar-refractivity contribution in [1.29, 1.82) is 0 Å². The van der Waals surface area contributed by atoms with E-state index < -0.39 is 28.0 Å². The van der Waals surface area contributed by atoms with Gasteiger partial charge in [0.2, 0.25) is 0 Å². The molecule has 2 atom stereocenters. The molecule has 1 saturated heterocycles. The Kier molecular flexibility index (Phi) is 7.60. The zero-order chi connectivity index (χ0) is 19.6. The molecule has 1 amide bonds. The maximum Gasteiger partial charge on any atom is 0.269 e. The van der Waals surface area contributed by atoms with E-state index in [0.717, 1.165) is 11.1 Å². The first kappa shape index (κ1) is 22.4. The number of carbonyl (C=O) groups is 1. The van der Waals surface area contributed by atoms with E-state index in [9.17, 15) is 30.2 Å². The van der Waals surface area contributed by atoms with Gasteiger partial charge in [-0.3, -0.25) is 35.5 Å². The van der Waals surface area contributed by atoms with Gasteiger partial charge in [0.1, 0.15) is 6.17 Å². The molecule has 0 saturated carbocycles. The van der Waals surface area contributed by atoms with Crippen molar-refractivity contribution in [2.45, 2.75) is 25.0 Å². The summed E-state index contributed by atoms with van der Waals surface area (Å²) in [6.45, 7) is 0. The number of hydrogen-bond acceptors (Lipinski definition) is 7. The predicted molar refractivity (Wildman–Crippen MR) is 92.9 cm³/mol. The molecule has 1 fully saturated rings. The second-order valence-electron chi connectivity index (χ2n) is 6.17. The molecule has 1 heterocycles. The standard InChI is InChI=1S/C17H16N4O6.Ac/c22-17-15(9-11-1-5-13(6-2-11)20(24)25)18-16(19(17)23)10-12-3-7-14(8-4-12)21(26)27;/h1-8,15-16,18,23H,9-10H2;/t15-,16+;/m0./s1. The van der Waals surface area contributed by atoms with Crippen LogP contribution in [-0.2, 0) is 17.6 Å². The molecule has 0 bridgehead atoms. The monoisotopic (exact) mass is 599 g/mol. The number of amides is 1. The van der Waals surface area contributed by atoms with Gasteiger partial charge < -0.3 is 0 Å². The summed E-state index contributed by atoms with van der Waals surface area (Å²) in [5, 5.41) is 35.1. The molecule has 2 N–H and O–H groups in total. The van der Waals surface area contributed by atoms with Crippen LogP contribution >= 0.6 is 0 Å². The summed E-state index contributed by atoms with van der Waals surface area (Å²) in [5.41, 5.74) is 1.37. The topological polar surface area (TPSA) is 139 Å². The number of nitrogens with one attached hydrogen (secondary N) is 1. The minimum Gasteiger partial charge on any atom is -0.284 e. The van der Waals surface area contributed by atoms with Crippen molar-refractivity contribution in [3.63, 3.8) is 0 Å². The van der Waals surface area contributed by atoms with E-state index in [-0.39, 0.29) is 68.3 Å². The second-order valence-corrected chi connectivity index (χ2v) is 6.17. The van der Waals surface area contributed by atoms with Crippen LogP contribution < -0.4 is 5.32 Å². The van der Waals surface area contributed by atoms with Gasteiger partial charge in [-0.15, -0.1) is 0 Å². The molecular formula is C17H16AcN4O6. The Bertz CT molecular complexity index is 874. The summed E-state index contributed by atoms with van der Waals surface area (Å²) in [6.07, 6.45) is -0.122. The van der Waals surface area contributed by atoms with Crippen LogP contribution in [0.25, 0.3) is 0 Å². The van der Waals surface area contributed by atoms with Crippen molar-refractivity contribution in [1.82, 2.24) is 10.4 Å². The Hall–Kier alpha value is -1.93.